The van der Waals surface area contributed by atoms with Gasteiger partial charge in [0.05, 0.1) is 0 Å². The van der Waals surface area contributed by atoms with E-state index >= 15 is 0 Å². The quantitative estimate of drug-likeness (QED) is 0.850. The van der Waals surface area contributed by atoms with Crippen LogP contribution in [0.3, 0.4) is 0 Å². The van der Waals surface area contributed by atoms with Crippen molar-refractivity contribution < 1.29 is 0 Å². The molecule has 0 saturated carbocycles. The summed E-state index contributed by atoms with van der Waals surface area (Å²) in [5.74, 6) is 0.835. The maximum atomic E-state index is 3.41. The summed E-state index contributed by atoms with van der Waals surface area (Å²) in [6.45, 7) is 8.02. The smallest absolute Gasteiger partial charge is 0.0367 e. The molecule has 1 unspecified atom stereocenters. The molecule has 1 fully saturated rings. The average molecular weight is 232 g/mol. The Balaban J connectivity index is 1.96. The zero-order chi connectivity index (χ0) is 12.1. The van der Waals surface area contributed by atoms with Gasteiger partial charge in [-0.2, -0.15) is 0 Å². The summed E-state index contributed by atoms with van der Waals surface area (Å²) in [6, 6.07) is 8.89. The molecule has 1 saturated heterocycles. The SMILES string of the molecule is CCCNc1ccc(N2CCCC(C)C2)cc1. The van der Waals surface area contributed by atoms with Gasteiger partial charge in [0.15, 0.2) is 0 Å². The second-order valence-electron chi connectivity index (χ2n) is 5.17. The summed E-state index contributed by atoms with van der Waals surface area (Å²) in [7, 11) is 0. The summed E-state index contributed by atoms with van der Waals surface area (Å²) in [5, 5.41) is 3.41. The average Bonchev–Trinajstić information content (AvgIpc) is 2.37. The molecule has 2 rings (SSSR count). The van der Waals surface area contributed by atoms with Crippen molar-refractivity contribution in [1.29, 1.82) is 0 Å². The van der Waals surface area contributed by atoms with Crippen molar-refractivity contribution in [2.45, 2.75) is 33.1 Å². The van der Waals surface area contributed by atoms with Gasteiger partial charge in [-0.3, -0.25) is 0 Å². The molecule has 1 aliphatic rings. The van der Waals surface area contributed by atoms with Gasteiger partial charge in [0, 0.05) is 31.0 Å². The third kappa shape index (κ3) is 3.39. The Bertz CT molecular complexity index is 331. The number of hydrogen-bond donors (Lipinski definition) is 1. The number of nitrogens with zero attached hydrogens (tertiary/aromatic N) is 1. The van der Waals surface area contributed by atoms with Crippen molar-refractivity contribution in [3.8, 4) is 0 Å². The summed E-state index contributed by atoms with van der Waals surface area (Å²) in [6.07, 6.45) is 3.88. The molecule has 1 aromatic carbocycles. The van der Waals surface area contributed by atoms with E-state index in [-0.39, 0.29) is 0 Å². The molecule has 0 radical (unpaired) electrons. The van der Waals surface area contributed by atoms with E-state index in [1.807, 2.05) is 0 Å². The lowest BCUT2D eigenvalue weighted by atomic mass is 10.00. The molecule has 94 valence electrons. The van der Waals surface area contributed by atoms with Crippen LogP contribution in [0.2, 0.25) is 0 Å². The number of rotatable bonds is 4. The molecule has 1 N–H and O–H groups in total. The van der Waals surface area contributed by atoms with Crippen molar-refractivity contribution in [3.63, 3.8) is 0 Å². The van der Waals surface area contributed by atoms with Gasteiger partial charge in [-0.05, 0) is 49.4 Å². The lowest BCUT2D eigenvalue weighted by molar-refractivity contribution is 0.447. The third-order valence-electron chi connectivity index (χ3n) is 3.47. The molecule has 0 spiro atoms. The third-order valence-corrected chi connectivity index (χ3v) is 3.47. The Morgan fingerprint density at radius 2 is 2.06 bits per heavy atom. The van der Waals surface area contributed by atoms with Crippen LogP contribution in [0, 0.1) is 5.92 Å². The Hall–Kier alpha value is -1.18. The van der Waals surface area contributed by atoms with Gasteiger partial charge < -0.3 is 10.2 Å². The summed E-state index contributed by atoms with van der Waals surface area (Å²) in [4.78, 5) is 2.51. The van der Waals surface area contributed by atoms with Crippen LogP contribution in [0.5, 0.6) is 0 Å². The highest BCUT2D eigenvalue weighted by Gasteiger charge is 2.16. The first-order valence-corrected chi connectivity index (χ1v) is 6.88. The minimum absolute atomic E-state index is 0.835. The van der Waals surface area contributed by atoms with Crippen molar-refractivity contribution >= 4 is 11.4 Å². The second kappa shape index (κ2) is 5.95. The molecule has 0 amide bonds. The van der Waals surface area contributed by atoms with Gasteiger partial charge in [-0.25, -0.2) is 0 Å². The predicted octanol–water partition coefficient (Wildman–Crippen LogP) is 3.74. The van der Waals surface area contributed by atoms with Crippen LogP contribution in [0.25, 0.3) is 0 Å². The van der Waals surface area contributed by atoms with Crippen LogP contribution >= 0.6 is 0 Å². The molecular weight excluding hydrogens is 208 g/mol. The van der Waals surface area contributed by atoms with E-state index in [9.17, 15) is 0 Å². The summed E-state index contributed by atoms with van der Waals surface area (Å²) >= 11 is 0. The molecule has 2 heteroatoms. The predicted molar refractivity (Wildman–Crippen MR) is 75.8 cm³/mol. The number of benzene rings is 1. The lowest BCUT2D eigenvalue weighted by Gasteiger charge is -2.32. The van der Waals surface area contributed by atoms with Gasteiger partial charge >= 0.3 is 0 Å². The largest absolute Gasteiger partial charge is 0.385 e. The number of anilines is 2. The fraction of sp³-hybridized carbons (Fsp3) is 0.600. The molecular formula is C15H24N2. The highest BCUT2D eigenvalue weighted by atomic mass is 15.1. The highest BCUT2D eigenvalue weighted by Crippen LogP contribution is 2.24. The van der Waals surface area contributed by atoms with Crippen molar-refractivity contribution in [2.24, 2.45) is 5.92 Å². The van der Waals surface area contributed by atoms with Crippen molar-refractivity contribution in [3.05, 3.63) is 24.3 Å². The first kappa shape index (κ1) is 12.3. The van der Waals surface area contributed by atoms with Crippen LogP contribution in [-0.2, 0) is 0 Å². The van der Waals surface area contributed by atoms with Crippen LogP contribution in [0.15, 0.2) is 24.3 Å². The monoisotopic (exact) mass is 232 g/mol. The van der Waals surface area contributed by atoms with E-state index in [0.29, 0.717) is 0 Å². The van der Waals surface area contributed by atoms with Crippen LogP contribution in [-0.4, -0.2) is 19.6 Å². The van der Waals surface area contributed by atoms with E-state index in [2.05, 4.69) is 48.3 Å². The van der Waals surface area contributed by atoms with Gasteiger partial charge in [0.25, 0.3) is 0 Å². The van der Waals surface area contributed by atoms with E-state index in [1.165, 1.54) is 43.7 Å². The lowest BCUT2D eigenvalue weighted by Crippen LogP contribution is -2.34. The number of piperidine rings is 1. The molecule has 1 aromatic rings. The zero-order valence-corrected chi connectivity index (χ0v) is 11.1. The Kier molecular flexibility index (Phi) is 4.29. The van der Waals surface area contributed by atoms with E-state index in [4.69, 9.17) is 0 Å². The minimum atomic E-state index is 0.835. The highest BCUT2D eigenvalue weighted by molar-refractivity contribution is 5.55. The van der Waals surface area contributed by atoms with Crippen LogP contribution in [0.4, 0.5) is 11.4 Å². The maximum absolute atomic E-state index is 3.41. The summed E-state index contributed by atoms with van der Waals surface area (Å²) in [5.41, 5.74) is 2.61. The Morgan fingerprint density at radius 1 is 1.29 bits per heavy atom. The first-order chi connectivity index (χ1) is 8.29. The van der Waals surface area contributed by atoms with Gasteiger partial charge in [0.1, 0.15) is 0 Å². The summed E-state index contributed by atoms with van der Waals surface area (Å²) < 4.78 is 0. The fourth-order valence-corrected chi connectivity index (χ4v) is 2.48. The van der Waals surface area contributed by atoms with E-state index < -0.39 is 0 Å². The minimum Gasteiger partial charge on any atom is -0.385 e. The van der Waals surface area contributed by atoms with Gasteiger partial charge in [-0.1, -0.05) is 13.8 Å². The van der Waals surface area contributed by atoms with Gasteiger partial charge in [-0.15, -0.1) is 0 Å². The van der Waals surface area contributed by atoms with Crippen molar-refractivity contribution in [1.82, 2.24) is 0 Å². The fourth-order valence-electron chi connectivity index (χ4n) is 2.48. The molecule has 1 atom stereocenters. The molecule has 17 heavy (non-hydrogen) atoms. The molecule has 0 bridgehead atoms. The molecule has 0 aromatic heterocycles. The van der Waals surface area contributed by atoms with Crippen LogP contribution < -0.4 is 10.2 Å². The van der Waals surface area contributed by atoms with E-state index in [1.54, 1.807) is 0 Å². The second-order valence-corrected chi connectivity index (χ2v) is 5.17. The molecule has 0 aliphatic carbocycles. The van der Waals surface area contributed by atoms with Crippen molar-refractivity contribution in [2.75, 3.05) is 29.9 Å². The first-order valence-electron chi connectivity index (χ1n) is 6.88. The molecule has 1 aliphatic heterocycles. The zero-order valence-electron chi connectivity index (χ0n) is 11.1. The van der Waals surface area contributed by atoms with Crippen LogP contribution in [0.1, 0.15) is 33.1 Å². The standard InChI is InChI=1S/C15H24N2/c1-3-10-16-14-6-8-15(9-7-14)17-11-4-5-13(2)12-17/h6-9,13,16H,3-5,10-12H2,1-2H3. The Morgan fingerprint density at radius 3 is 2.71 bits per heavy atom. The number of hydrogen-bond acceptors (Lipinski definition) is 2. The topological polar surface area (TPSA) is 15.3 Å². The molecule has 2 nitrogen and oxygen atoms in total. The normalized spacial score (nSPS) is 20.4. The molecule has 1 heterocycles. The number of nitrogens with one attached hydrogen (secondary N) is 1. The maximum Gasteiger partial charge on any atom is 0.0367 e. The van der Waals surface area contributed by atoms with Gasteiger partial charge in [0.2, 0.25) is 0 Å². The van der Waals surface area contributed by atoms with E-state index in [0.717, 1.165) is 12.5 Å². The Labute approximate surface area is 105 Å².